The van der Waals surface area contributed by atoms with E-state index in [9.17, 15) is 10.1 Å². The van der Waals surface area contributed by atoms with E-state index in [0.29, 0.717) is 22.8 Å². The predicted molar refractivity (Wildman–Crippen MR) is 133 cm³/mol. The molecule has 3 N–H and O–H groups in total. The molecule has 0 bridgehead atoms. The largest absolute Gasteiger partial charge is 0.496 e. The molecular weight excluding hydrogens is 434 g/mol. The van der Waals surface area contributed by atoms with Gasteiger partial charge in [0, 0.05) is 35.8 Å². The lowest BCUT2D eigenvalue weighted by Crippen LogP contribution is -2.62. The number of nitrogens with zero attached hydrogens (tertiary/aromatic N) is 4. The minimum atomic E-state index is -0.507. The molecule has 34 heavy (non-hydrogen) atoms. The molecule has 2 aromatic rings. The quantitative estimate of drug-likeness (QED) is 0.244. The number of methoxy groups -OCH3 is 1. The van der Waals surface area contributed by atoms with E-state index in [0.717, 1.165) is 12.8 Å². The Labute approximate surface area is 199 Å². The van der Waals surface area contributed by atoms with E-state index in [-0.39, 0.29) is 28.5 Å². The molecule has 0 atom stereocenters. The third-order valence-electron chi connectivity index (χ3n) is 6.02. The lowest BCUT2D eigenvalue weighted by Gasteiger charge is -2.49. The summed E-state index contributed by atoms with van der Waals surface area (Å²) in [7, 11) is 3.43. The number of aromatic nitrogens is 2. The summed E-state index contributed by atoms with van der Waals surface area (Å²) in [6.07, 6.45) is 7.56. The Morgan fingerprint density at radius 1 is 1.26 bits per heavy atom. The number of benzene rings is 1. The van der Waals surface area contributed by atoms with Gasteiger partial charge in [0.1, 0.15) is 24.0 Å². The number of amidine groups is 1. The van der Waals surface area contributed by atoms with Gasteiger partial charge in [0.2, 0.25) is 0 Å². The molecule has 1 aliphatic rings. The first-order valence-electron chi connectivity index (χ1n) is 11.1. The van der Waals surface area contributed by atoms with E-state index >= 15 is 0 Å². The highest BCUT2D eigenvalue weighted by Crippen LogP contribution is 2.31. The maximum absolute atomic E-state index is 10.9. The van der Waals surface area contributed by atoms with E-state index in [1.54, 1.807) is 30.4 Å². The van der Waals surface area contributed by atoms with Crippen LogP contribution in [0.5, 0.6) is 5.75 Å². The molecule has 1 fully saturated rings. The number of likely N-dealkylation sites (N-methyl/N-ethyl adjacent to an activating group) is 1. The summed E-state index contributed by atoms with van der Waals surface area (Å²) >= 11 is 0. The van der Waals surface area contributed by atoms with Crippen molar-refractivity contribution >= 4 is 17.2 Å². The molecule has 3 rings (SSSR count). The smallest absolute Gasteiger partial charge is 0.307 e. The van der Waals surface area contributed by atoms with Crippen LogP contribution < -0.4 is 10.1 Å². The molecule has 1 aromatic carbocycles. The molecule has 0 saturated carbocycles. The van der Waals surface area contributed by atoms with Crippen LogP contribution in [-0.2, 0) is 0 Å². The number of hydrogen-bond acceptors (Lipinski definition) is 7. The fourth-order valence-electron chi connectivity index (χ4n) is 4.70. The first kappa shape index (κ1) is 25.1. The maximum Gasteiger partial charge on any atom is 0.307 e. The van der Waals surface area contributed by atoms with Crippen molar-refractivity contribution in [1.82, 2.24) is 20.0 Å². The normalized spacial score (nSPS) is 17.5. The molecule has 2 heterocycles. The van der Waals surface area contributed by atoms with Crippen molar-refractivity contribution in [2.24, 2.45) is 0 Å². The van der Waals surface area contributed by atoms with Crippen molar-refractivity contribution < 1.29 is 9.66 Å². The van der Waals surface area contributed by atoms with Crippen LogP contribution in [0.4, 0.5) is 5.69 Å². The first-order valence-corrected chi connectivity index (χ1v) is 11.1. The van der Waals surface area contributed by atoms with Crippen LogP contribution >= 0.6 is 0 Å². The van der Waals surface area contributed by atoms with Crippen molar-refractivity contribution in [3.63, 3.8) is 0 Å². The summed E-state index contributed by atoms with van der Waals surface area (Å²) in [5, 5.41) is 35.7. The third-order valence-corrected chi connectivity index (χ3v) is 6.02. The minimum absolute atomic E-state index is 0.0263. The number of hydrogen-bond donors (Lipinski definition) is 3. The lowest BCUT2D eigenvalue weighted by molar-refractivity contribution is -0.384. The van der Waals surface area contributed by atoms with Crippen LogP contribution in [0.1, 0.15) is 46.1 Å². The fraction of sp³-hybridized carbons (Fsp3) is 0.458. The number of rotatable bonds is 7. The van der Waals surface area contributed by atoms with Crippen molar-refractivity contribution in [2.75, 3.05) is 14.2 Å². The van der Waals surface area contributed by atoms with E-state index < -0.39 is 4.92 Å². The average Bonchev–Trinajstić information content (AvgIpc) is 3.24. The van der Waals surface area contributed by atoms with Gasteiger partial charge in [-0.1, -0.05) is 0 Å². The zero-order valence-corrected chi connectivity index (χ0v) is 20.5. The molecule has 0 aliphatic carbocycles. The summed E-state index contributed by atoms with van der Waals surface area (Å²) in [6, 6.07) is 5.31. The summed E-state index contributed by atoms with van der Waals surface area (Å²) < 4.78 is 6.84. The maximum atomic E-state index is 10.9. The second kappa shape index (κ2) is 9.38. The van der Waals surface area contributed by atoms with Gasteiger partial charge in [-0.3, -0.25) is 15.5 Å². The molecule has 10 nitrogen and oxygen atoms in total. The Bertz CT molecular complexity index is 1120. The highest BCUT2D eigenvalue weighted by Gasteiger charge is 2.39. The molecular formula is C24H33N7O3. The Morgan fingerprint density at radius 2 is 1.91 bits per heavy atom. The van der Waals surface area contributed by atoms with Crippen LogP contribution in [0.15, 0.2) is 42.7 Å². The van der Waals surface area contributed by atoms with Crippen LogP contribution in [0.2, 0.25) is 0 Å². The van der Waals surface area contributed by atoms with Gasteiger partial charge in [0.25, 0.3) is 0 Å². The zero-order valence-electron chi connectivity index (χ0n) is 20.5. The molecule has 0 unspecified atom stereocenters. The monoisotopic (exact) mass is 467 g/mol. The van der Waals surface area contributed by atoms with E-state index in [2.05, 4.69) is 38.1 Å². The summed E-state index contributed by atoms with van der Waals surface area (Å²) in [5.41, 5.74) is 1.15. The van der Waals surface area contributed by atoms with Crippen LogP contribution in [0, 0.1) is 20.9 Å². The Balaban J connectivity index is 1.74. The topological polar surface area (TPSA) is 133 Å². The summed E-state index contributed by atoms with van der Waals surface area (Å²) in [5.74, 6) is 0.773. The van der Waals surface area contributed by atoms with E-state index in [1.165, 1.54) is 24.2 Å². The Morgan fingerprint density at radius 3 is 2.47 bits per heavy atom. The number of piperidine rings is 1. The first-order chi connectivity index (χ1) is 15.8. The van der Waals surface area contributed by atoms with E-state index in [4.69, 9.17) is 15.6 Å². The standard InChI is InChI=1S/C24H33N7O3/c1-23(2)12-17(13-24(3,4)28-23)29(5)22(26)10-9-20(25)19-8-7-16(11-21(19)34-6)30-15-18(14-27-30)31(32)33/h7-11,14-15,17,25-26,28H,12-13H2,1-6H3/b10-9-,25-20?,26-22?. The van der Waals surface area contributed by atoms with Gasteiger partial charge < -0.3 is 20.4 Å². The summed E-state index contributed by atoms with van der Waals surface area (Å²) in [4.78, 5) is 12.4. The van der Waals surface area contributed by atoms with Crippen LogP contribution in [0.3, 0.4) is 0 Å². The van der Waals surface area contributed by atoms with E-state index in [1.807, 2.05) is 11.9 Å². The molecule has 1 aliphatic heterocycles. The Hall–Kier alpha value is -3.53. The molecule has 1 aromatic heterocycles. The highest BCUT2D eigenvalue weighted by atomic mass is 16.6. The third kappa shape index (κ3) is 5.69. The van der Waals surface area contributed by atoms with Gasteiger partial charge in [-0.05, 0) is 64.8 Å². The second-order valence-electron chi connectivity index (χ2n) is 9.98. The van der Waals surface area contributed by atoms with Crippen molar-refractivity contribution in [3.05, 3.63) is 58.4 Å². The Kier molecular flexibility index (Phi) is 6.92. The zero-order chi connectivity index (χ0) is 25.3. The van der Waals surface area contributed by atoms with Crippen molar-refractivity contribution in [3.8, 4) is 11.4 Å². The van der Waals surface area contributed by atoms with Gasteiger partial charge in [-0.2, -0.15) is 5.10 Å². The average molecular weight is 468 g/mol. The van der Waals surface area contributed by atoms with Gasteiger partial charge >= 0.3 is 5.69 Å². The summed E-state index contributed by atoms with van der Waals surface area (Å²) in [6.45, 7) is 8.73. The fourth-order valence-corrected chi connectivity index (χ4v) is 4.70. The highest BCUT2D eigenvalue weighted by molar-refractivity contribution is 6.11. The van der Waals surface area contributed by atoms with Gasteiger partial charge in [0.05, 0.1) is 23.4 Å². The molecule has 182 valence electrons. The van der Waals surface area contributed by atoms with Crippen LogP contribution in [-0.4, -0.2) is 62.4 Å². The number of nitro groups is 1. The number of nitrogens with one attached hydrogen (secondary N) is 3. The lowest BCUT2D eigenvalue weighted by atomic mass is 9.79. The number of ether oxygens (including phenoxy) is 1. The van der Waals surface area contributed by atoms with Gasteiger partial charge in [-0.25, -0.2) is 4.68 Å². The molecule has 0 spiro atoms. The van der Waals surface area contributed by atoms with Crippen LogP contribution in [0.25, 0.3) is 5.69 Å². The minimum Gasteiger partial charge on any atom is -0.496 e. The molecule has 0 amide bonds. The van der Waals surface area contributed by atoms with Crippen molar-refractivity contribution in [1.29, 1.82) is 10.8 Å². The molecule has 0 radical (unpaired) electrons. The molecule has 10 heteroatoms. The predicted octanol–water partition coefficient (Wildman–Crippen LogP) is 3.93. The second-order valence-corrected chi connectivity index (χ2v) is 9.98. The van der Waals surface area contributed by atoms with Crippen molar-refractivity contribution in [2.45, 2.75) is 57.7 Å². The van der Waals surface area contributed by atoms with Gasteiger partial charge in [-0.15, -0.1) is 0 Å². The number of allylic oxidation sites excluding steroid dienone is 1. The molecule has 1 saturated heterocycles. The van der Waals surface area contributed by atoms with Gasteiger partial charge in [0.15, 0.2) is 0 Å². The SMILES string of the molecule is COc1cc(-n2cc([N+](=O)[O-])cn2)ccc1C(=N)/C=C\C(=N)N(C)C1CC(C)(C)NC(C)(C)C1.